The fraction of sp³-hybridized carbons (Fsp3) is 0.333. The summed E-state index contributed by atoms with van der Waals surface area (Å²) in [5.74, 6) is -0.738. The summed E-state index contributed by atoms with van der Waals surface area (Å²) < 4.78 is 69.8. The van der Waals surface area contributed by atoms with Crippen LogP contribution in [0.4, 0.5) is 13.2 Å². The summed E-state index contributed by atoms with van der Waals surface area (Å²) in [6.07, 6.45) is -4.52. The zero-order valence-corrected chi connectivity index (χ0v) is 17.3. The van der Waals surface area contributed by atoms with E-state index in [-0.39, 0.29) is 35.1 Å². The van der Waals surface area contributed by atoms with Crippen LogP contribution in [0.3, 0.4) is 0 Å². The number of methoxy groups -OCH3 is 1. The van der Waals surface area contributed by atoms with Crippen molar-refractivity contribution in [1.29, 1.82) is 0 Å². The molecule has 12 heteroatoms. The highest BCUT2D eigenvalue weighted by Crippen LogP contribution is 2.30. The number of halogens is 3. The molecule has 0 aliphatic carbocycles. The topological polar surface area (TPSA) is 85.3 Å². The van der Waals surface area contributed by atoms with Crippen LogP contribution in [-0.4, -0.2) is 44.1 Å². The average molecular weight is 462 g/mol. The summed E-state index contributed by atoms with van der Waals surface area (Å²) in [6, 6.07) is 6.50. The first-order chi connectivity index (χ1) is 14.1. The van der Waals surface area contributed by atoms with Crippen LogP contribution in [0.15, 0.2) is 51.1 Å². The van der Waals surface area contributed by atoms with Gasteiger partial charge in [-0.1, -0.05) is 23.4 Å². The molecule has 3 rings (SSSR count). The first-order valence-electron chi connectivity index (χ1n) is 8.60. The molecule has 1 unspecified atom stereocenters. The van der Waals surface area contributed by atoms with Gasteiger partial charge < -0.3 is 9.57 Å². The van der Waals surface area contributed by atoms with Crippen molar-refractivity contribution < 1.29 is 36.0 Å². The number of thiophene rings is 1. The van der Waals surface area contributed by atoms with Crippen LogP contribution in [-0.2, 0) is 37.2 Å². The summed E-state index contributed by atoms with van der Waals surface area (Å²) in [5, 5.41) is 5.45. The van der Waals surface area contributed by atoms with E-state index >= 15 is 0 Å². The van der Waals surface area contributed by atoms with E-state index < -0.39 is 33.8 Å². The number of benzene rings is 1. The fourth-order valence-electron chi connectivity index (χ4n) is 2.90. The number of carbonyl (C=O) groups is 1. The summed E-state index contributed by atoms with van der Waals surface area (Å²) in [7, 11) is -2.79. The van der Waals surface area contributed by atoms with Gasteiger partial charge in [0.15, 0.2) is 0 Å². The first kappa shape index (κ1) is 22.2. The molecule has 0 radical (unpaired) electrons. The molecule has 30 heavy (non-hydrogen) atoms. The molecule has 0 spiro atoms. The highest BCUT2D eigenvalue weighted by molar-refractivity contribution is 7.91. The lowest BCUT2D eigenvalue weighted by Crippen LogP contribution is -2.40. The van der Waals surface area contributed by atoms with E-state index in [1.807, 2.05) is 0 Å². The van der Waals surface area contributed by atoms with E-state index in [0.717, 1.165) is 34.9 Å². The maximum absolute atomic E-state index is 12.8. The molecule has 0 N–H and O–H groups in total. The third kappa shape index (κ3) is 4.82. The van der Waals surface area contributed by atoms with Crippen molar-refractivity contribution in [3.8, 4) is 0 Å². The van der Waals surface area contributed by atoms with Crippen molar-refractivity contribution in [2.45, 2.75) is 29.5 Å². The van der Waals surface area contributed by atoms with Crippen molar-refractivity contribution in [1.82, 2.24) is 4.31 Å². The zero-order valence-electron chi connectivity index (χ0n) is 15.6. The van der Waals surface area contributed by atoms with E-state index in [1.165, 1.54) is 18.2 Å². The summed E-state index contributed by atoms with van der Waals surface area (Å²) in [5.41, 5.74) is -0.298. The van der Waals surface area contributed by atoms with Gasteiger partial charge in [-0.25, -0.2) is 8.42 Å². The number of sulfonamides is 1. The van der Waals surface area contributed by atoms with Crippen molar-refractivity contribution in [2.75, 3.05) is 13.7 Å². The number of nitrogens with zero attached hydrogens (tertiary/aromatic N) is 2. The Morgan fingerprint density at radius 1 is 1.30 bits per heavy atom. The summed E-state index contributed by atoms with van der Waals surface area (Å²) in [4.78, 5) is 17.2. The maximum atomic E-state index is 12.8. The third-order valence-electron chi connectivity index (χ3n) is 4.33. The summed E-state index contributed by atoms with van der Waals surface area (Å²) >= 11 is 1.01. The largest absolute Gasteiger partial charge is 0.468 e. The second-order valence-electron chi connectivity index (χ2n) is 6.35. The smallest absolute Gasteiger partial charge is 0.416 e. The fourth-order valence-corrected chi connectivity index (χ4v) is 5.58. The van der Waals surface area contributed by atoms with E-state index in [0.29, 0.717) is 0 Å². The van der Waals surface area contributed by atoms with Gasteiger partial charge in [-0.05, 0) is 29.1 Å². The van der Waals surface area contributed by atoms with Gasteiger partial charge in [0.2, 0.25) is 0 Å². The molecule has 1 fully saturated rings. The molecule has 1 saturated heterocycles. The van der Waals surface area contributed by atoms with Crippen molar-refractivity contribution in [3.63, 3.8) is 0 Å². The Balaban J connectivity index is 1.74. The van der Waals surface area contributed by atoms with Gasteiger partial charge in [0, 0.05) is 6.42 Å². The van der Waals surface area contributed by atoms with Gasteiger partial charge in [-0.2, -0.15) is 17.5 Å². The SMILES string of the molecule is COC(=O)C1C/C(=N\OCc2cccc(C(F)(F)F)c2)CN1S(=O)(=O)c1cccs1. The van der Waals surface area contributed by atoms with Crippen LogP contribution in [0.2, 0.25) is 0 Å². The monoisotopic (exact) mass is 462 g/mol. The lowest BCUT2D eigenvalue weighted by Gasteiger charge is -2.20. The van der Waals surface area contributed by atoms with Crippen molar-refractivity contribution in [2.24, 2.45) is 5.16 Å². The Hall–Kier alpha value is -2.44. The van der Waals surface area contributed by atoms with E-state index in [2.05, 4.69) is 5.16 Å². The van der Waals surface area contributed by atoms with Crippen LogP contribution < -0.4 is 0 Å². The van der Waals surface area contributed by atoms with Crippen molar-refractivity contribution in [3.05, 3.63) is 52.9 Å². The molecule has 7 nitrogen and oxygen atoms in total. The highest BCUT2D eigenvalue weighted by Gasteiger charge is 2.44. The average Bonchev–Trinajstić information content (AvgIpc) is 3.38. The second kappa shape index (κ2) is 8.74. The summed E-state index contributed by atoms with van der Waals surface area (Å²) in [6.45, 7) is -0.434. The predicted octanol–water partition coefficient (Wildman–Crippen LogP) is 3.28. The highest BCUT2D eigenvalue weighted by atomic mass is 32.2. The lowest BCUT2D eigenvalue weighted by atomic mass is 10.1. The molecule has 1 aromatic heterocycles. The molecule has 1 aliphatic heterocycles. The molecule has 0 saturated carbocycles. The molecule has 1 atom stereocenters. The van der Waals surface area contributed by atoms with Gasteiger partial charge in [-0.3, -0.25) is 4.79 Å². The quantitative estimate of drug-likeness (QED) is 0.486. The minimum atomic E-state index is -4.47. The van der Waals surface area contributed by atoms with E-state index in [9.17, 15) is 26.4 Å². The van der Waals surface area contributed by atoms with E-state index in [1.54, 1.807) is 11.4 Å². The predicted molar refractivity (Wildman–Crippen MR) is 102 cm³/mol. The minimum Gasteiger partial charge on any atom is -0.468 e. The number of esters is 1. The normalized spacial score (nSPS) is 19.2. The van der Waals surface area contributed by atoms with Crippen LogP contribution >= 0.6 is 11.3 Å². The number of hydrogen-bond acceptors (Lipinski definition) is 7. The molecule has 162 valence electrons. The Bertz CT molecular complexity index is 1040. The zero-order chi connectivity index (χ0) is 21.9. The third-order valence-corrected chi connectivity index (χ3v) is 7.55. The number of ether oxygens (including phenoxy) is 1. The van der Waals surface area contributed by atoms with Crippen LogP contribution in [0.1, 0.15) is 17.5 Å². The molecule has 0 amide bonds. The van der Waals surface area contributed by atoms with Gasteiger partial charge in [0.25, 0.3) is 10.0 Å². The number of carbonyl (C=O) groups excluding carboxylic acids is 1. The van der Waals surface area contributed by atoms with Crippen LogP contribution in [0.5, 0.6) is 0 Å². The number of hydrogen-bond donors (Lipinski definition) is 0. The molecule has 1 aliphatic rings. The Morgan fingerprint density at radius 2 is 2.07 bits per heavy atom. The molecule has 0 bridgehead atoms. The van der Waals surface area contributed by atoms with Gasteiger partial charge >= 0.3 is 12.1 Å². The maximum Gasteiger partial charge on any atom is 0.416 e. The Labute approximate surface area is 174 Å². The van der Waals surface area contributed by atoms with Gasteiger partial charge in [0.1, 0.15) is 16.9 Å². The Kier molecular flexibility index (Phi) is 6.48. The molecule has 2 aromatic rings. The minimum absolute atomic E-state index is 0.0418. The molecular formula is C18H17F3N2O5S2. The molecule has 1 aromatic carbocycles. The van der Waals surface area contributed by atoms with Crippen LogP contribution in [0.25, 0.3) is 0 Å². The number of alkyl halides is 3. The number of oxime groups is 1. The number of rotatable bonds is 6. The lowest BCUT2D eigenvalue weighted by molar-refractivity contribution is -0.144. The molecule has 2 heterocycles. The first-order valence-corrected chi connectivity index (χ1v) is 10.9. The Morgan fingerprint density at radius 3 is 2.70 bits per heavy atom. The molecular weight excluding hydrogens is 445 g/mol. The van der Waals surface area contributed by atoms with Crippen molar-refractivity contribution >= 4 is 33.0 Å². The second-order valence-corrected chi connectivity index (χ2v) is 9.42. The van der Waals surface area contributed by atoms with Crippen LogP contribution in [0, 0.1) is 0 Å². The van der Waals surface area contributed by atoms with Gasteiger partial charge in [0.05, 0.1) is 24.9 Å². The van der Waals surface area contributed by atoms with E-state index in [4.69, 9.17) is 9.57 Å². The standard InChI is InChI=1S/C18H17F3N2O5S2/c1-27-17(24)15-9-14(10-23(15)30(25,26)16-6-3-7-29-16)22-28-11-12-4-2-5-13(8-12)18(19,20)21/h2-8,15H,9-11H2,1H3/b22-14+. The van der Waals surface area contributed by atoms with Gasteiger partial charge in [-0.15, -0.1) is 11.3 Å².